The Hall–Kier alpha value is -2.23. The molecular formula is C24H30ClN3O4S. The summed E-state index contributed by atoms with van der Waals surface area (Å²) < 4.78 is 34.3. The Bertz CT molecular complexity index is 1120. The van der Waals surface area contributed by atoms with E-state index in [2.05, 4.69) is 4.72 Å². The molecule has 9 heteroatoms. The van der Waals surface area contributed by atoms with Crippen molar-refractivity contribution in [3.8, 4) is 0 Å². The minimum atomic E-state index is -3.76. The highest BCUT2D eigenvalue weighted by Crippen LogP contribution is 2.38. The number of ether oxygens (including phenoxy) is 1. The van der Waals surface area contributed by atoms with E-state index in [0.29, 0.717) is 29.3 Å². The lowest BCUT2D eigenvalue weighted by Gasteiger charge is -2.29. The maximum Gasteiger partial charge on any atom is 0.242 e. The van der Waals surface area contributed by atoms with Gasteiger partial charge in [0.1, 0.15) is 6.04 Å². The van der Waals surface area contributed by atoms with Crippen molar-refractivity contribution >= 4 is 32.4 Å². The summed E-state index contributed by atoms with van der Waals surface area (Å²) in [6.45, 7) is 6.32. The van der Waals surface area contributed by atoms with E-state index >= 15 is 0 Å². The van der Waals surface area contributed by atoms with Crippen LogP contribution in [0.15, 0.2) is 60.2 Å². The Morgan fingerprint density at radius 2 is 1.79 bits per heavy atom. The van der Waals surface area contributed by atoms with Gasteiger partial charge in [-0.2, -0.15) is 0 Å². The summed E-state index contributed by atoms with van der Waals surface area (Å²) in [4.78, 5) is 14.8. The first kappa shape index (κ1) is 25.4. The van der Waals surface area contributed by atoms with Gasteiger partial charge in [0.05, 0.1) is 23.7 Å². The number of sulfonamides is 1. The third-order valence-electron chi connectivity index (χ3n) is 5.56. The van der Waals surface area contributed by atoms with Gasteiger partial charge in [-0.1, -0.05) is 54.1 Å². The van der Waals surface area contributed by atoms with Gasteiger partial charge in [0, 0.05) is 18.1 Å². The molecule has 2 aromatic rings. The van der Waals surface area contributed by atoms with Gasteiger partial charge in [-0.05, 0) is 49.6 Å². The Morgan fingerprint density at radius 1 is 1.15 bits per heavy atom. The summed E-state index contributed by atoms with van der Waals surface area (Å²) in [5.41, 5.74) is 7.38. The lowest BCUT2D eigenvalue weighted by Crippen LogP contribution is -2.49. The second-order valence-corrected chi connectivity index (χ2v) is 10.6. The van der Waals surface area contributed by atoms with Crippen LogP contribution in [0.2, 0.25) is 5.02 Å². The Morgan fingerprint density at radius 3 is 2.39 bits per heavy atom. The largest absolute Gasteiger partial charge is 0.375 e. The lowest BCUT2D eigenvalue weighted by atomic mass is 9.92. The number of amides is 1. The topological polar surface area (TPSA) is 102 Å². The van der Waals surface area contributed by atoms with Gasteiger partial charge in [0.15, 0.2) is 0 Å². The third-order valence-corrected chi connectivity index (χ3v) is 7.61. The van der Waals surface area contributed by atoms with Crippen LogP contribution in [-0.4, -0.2) is 50.5 Å². The van der Waals surface area contributed by atoms with E-state index in [0.717, 1.165) is 5.56 Å². The van der Waals surface area contributed by atoms with Crippen molar-refractivity contribution in [2.75, 3.05) is 19.7 Å². The van der Waals surface area contributed by atoms with Gasteiger partial charge in [-0.25, -0.2) is 13.1 Å². The standard InChI is InChI=1S/C24H30ClN3O4S/c1-4-28(23(29)21(26)16-32-15-17-8-6-5-7-9-17)14-20-22(18-10-12-19(25)13-11-18)33(30,31)27-24(20,2)3/h5-13,21,27H,4,14-16,26H2,1-3H3/t21-/m1/s1. The molecule has 1 atom stereocenters. The van der Waals surface area contributed by atoms with E-state index in [4.69, 9.17) is 22.1 Å². The molecule has 0 aliphatic carbocycles. The number of nitrogens with one attached hydrogen (secondary N) is 1. The first-order chi connectivity index (χ1) is 15.5. The Balaban J connectivity index is 1.80. The molecule has 0 fully saturated rings. The maximum absolute atomic E-state index is 13.1. The van der Waals surface area contributed by atoms with E-state index in [1.165, 1.54) is 0 Å². The fraction of sp³-hybridized carbons (Fsp3) is 0.375. The van der Waals surface area contributed by atoms with Gasteiger partial charge >= 0.3 is 0 Å². The van der Waals surface area contributed by atoms with Gasteiger partial charge < -0.3 is 15.4 Å². The molecule has 0 saturated carbocycles. The fourth-order valence-electron chi connectivity index (χ4n) is 3.81. The molecule has 0 aromatic heterocycles. The molecule has 0 bridgehead atoms. The van der Waals surface area contributed by atoms with Gasteiger partial charge in [0.2, 0.25) is 15.9 Å². The molecule has 0 saturated heterocycles. The smallest absolute Gasteiger partial charge is 0.242 e. The van der Waals surface area contributed by atoms with Crippen molar-refractivity contribution < 1.29 is 17.9 Å². The molecule has 3 rings (SSSR count). The van der Waals surface area contributed by atoms with Crippen LogP contribution in [0.4, 0.5) is 0 Å². The number of hydrogen-bond donors (Lipinski definition) is 2. The molecule has 0 unspecified atom stereocenters. The maximum atomic E-state index is 13.1. The predicted octanol–water partition coefficient (Wildman–Crippen LogP) is 3.16. The van der Waals surface area contributed by atoms with Crippen LogP contribution in [0.3, 0.4) is 0 Å². The first-order valence-corrected chi connectivity index (χ1v) is 12.6. The second-order valence-electron chi connectivity index (χ2n) is 8.50. The number of halogens is 1. The molecule has 1 amide bonds. The van der Waals surface area contributed by atoms with Crippen LogP contribution < -0.4 is 10.5 Å². The third kappa shape index (κ3) is 6.02. The monoisotopic (exact) mass is 491 g/mol. The van der Waals surface area contributed by atoms with Gasteiger partial charge in [-0.15, -0.1) is 0 Å². The van der Waals surface area contributed by atoms with Crippen molar-refractivity contribution in [2.45, 2.75) is 39.0 Å². The highest BCUT2D eigenvalue weighted by atomic mass is 35.5. The summed E-state index contributed by atoms with van der Waals surface area (Å²) in [5, 5.41) is 0.510. The molecule has 7 nitrogen and oxygen atoms in total. The SMILES string of the molecule is CCN(CC1=C(c2ccc(Cl)cc2)S(=O)(=O)NC1(C)C)C(=O)[C@H](N)COCc1ccccc1. The average molecular weight is 492 g/mol. The number of carbonyl (C=O) groups is 1. The van der Waals surface area contributed by atoms with Crippen LogP contribution in [-0.2, 0) is 26.2 Å². The molecule has 1 heterocycles. The zero-order chi connectivity index (χ0) is 24.2. The van der Waals surface area contributed by atoms with Crippen LogP contribution in [0.5, 0.6) is 0 Å². The van der Waals surface area contributed by atoms with E-state index in [-0.39, 0.29) is 24.0 Å². The summed E-state index contributed by atoms with van der Waals surface area (Å²) in [7, 11) is -3.76. The van der Waals surface area contributed by atoms with Crippen molar-refractivity contribution in [1.29, 1.82) is 0 Å². The quantitative estimate of drug-likeness (QED) is 0.561. The van der Waals surface area contributed by atoms with Crippen molar-refractivity contribution in [2.24, 2.45) is 5.73 Å². The molecule has 3 N–H and O–H groups in total. The number of nitrogens with two attached hydrogens (primary N) is 1. The van der Waals surface area contributed by atoms with Crippen LogP contribution >= 0.6 is 11.6 Å². The number of nitrogens with zero attached hydrogens (tertiary/aromatic N) is 1. The zero-order valence-corrected chi connectivity index (χ0v) is 20.6. The average Bonchev–Trinajstić information content (AvgIpc) is 2.95. The van der Waals surface area contributed by atoms with Crippen molar-refractivity contribution in [3.63, 3.8) is 0 Å². The van der Waals surface area contributed by atoms with Gasteiger partial charge in [-0.3, -0.25) is 4.79 Å². The summed E-state index contributed by atoms with van der Waals surface area (Å²) in [5.74, 6) is -0.298. The lowest BCUT2D eigenvalue weighted by molar-refractivity contribution is -0.133. The molecule has 33 heavy (non-hydrogen) atoms. The molecule has 178 valence electrons. The predicted molar refractivity (Wildman–Crippen MR) is 131 cm³/mol. The normalized spacial score (nSPS) is 17.7. The molecule has 2 aromatic carbocycles. The van der Waals surface area contributed by atoms with E-state index in [1.807, 2.05) is 37.3 Å². The summed E-state index contributed by atoms with van der Waals surface area (Å²) >= 11 is 5.99. The number of benzene rings is 2. The van der Waals surface area contributed by atoms with E-state index < -0.39 is 21.6 Å². The van der Waals surface area contributed by atoms with Gasteiger partial charge in [0.25, 0.3) is 0 Å². The van der Waals surface area contributed by atoms with Crippen LogP contribution in [0, 0.1) is 0 Å². The summed E-state index contributed by atoms with van der Waals surface area (Å²) in [6.07, 6.45) is 0. The van der Waals surface area contributed by atoms with E-state index in [9.17, 15) is 13.2 Å². The van der Waals surface area contributed by atoms with E-state index in [1.54, 1.807) is 43.0 Å². The Kier molecular flexibility index (Phi) is 7.97. The fourth-order valence-corrected chi connectivity index (χ4v) is 5.93. The molecule has 1 aliphatic rings. The van der Waals surface area contributed by atoms with Crippen molar-refractivity contribution in [3.05, 3.63) is 76.3 Å². The number of likely N-dealkylation sites (N-methyl/N-ethyl adjacent to an activating group) is 1. The minimum absolute atomic E-state index is 0.0628. The molecule has 1 aliphatic heterocycles. The van der Waals surface area contributed by atoms with Crippen molar-refractivity contribution in [1.82, 2.24) is 9.62 Å². The molecular weight excluding hydrogens is 462 g/mol. The number of carbonyl (C=O) groups excluding carboxylic acids is 1. The number of hydrogen-bond acceptors (Lipinski definition) is 5. The first-order valence-electron chi connectivity index (χ1n) is 10.7. The molecule has 0 spiro atoms. The highest BCUT2D eigenvalue weighted by molar-refractivity contribution is 7.99. The van der Waals surface area contributed by atoms with Crippen LogP contribution in [0.25, 0.3) is 4.91 Å². The highest BCUT2D eigenvalue weighted by Gasteiger charge is 2.43. The Labute approximate surface area is 200 Å². The summed E-state index contributed by atoms with van der Waals surface area (Å²) in [6, 6.07) is 15.4. The molecule has 0 radical (unpaired) electrons. The second kappa shape index (κ2) is 10.4. The number of rotatable bonds is 9. The zero-order valence-electron chi connectivity index (χ0n) is 19.0. The minimum Gasteiger partial charge on any atom is -0.375 e. The van der Waals surface area contributed by atoms with Crippen LogP contribution in [0.1, 0.15) is 31.9 Å².